The van der Waals surface area contributed by atoms with Gasteiger partial charge in [-0.1, -0.05) is 35.9 Å². The molecule has 1 aromatic carbocycles. The van der Waals surface area contributed by atoms with Crippen LogP contribution in [-0.2, 0) is 12.8 Å². The number of halogens is 1. The Morgan fingerprint density at radius 3 is 3.00 bits per heavy atom. The Kier molecular flexibility index (Phi) is 5.28. The standard InChI is InChI=1S/C17H24BrNO/c1-4-7-19-12-17(3,5-2)11-14-10-15(18)9-13-6-8-20-16(13)14/h5,9-10,19H,2,4,6-8,11-12H2,1,3H3. The summed E-state index contributed by atoms with van der Waals surface area (Å²) in [5.41, 5.74) is 2.66. The van der Waals surface area contributed by atoms with Gasteiger partial charge in [0, 0.05) is 22.9 Å². The van der Waals surface area contributed by atoms with Crippen molar-refractivity contribution < 1.29 is 4.74 Å². The van der Waals surface area contributed by atoms with E-state index in [1.165, 1.54) is 11.1 Å². The van der Waals surface area contributed by atoms with Crippen molar-refractivity contribution in [3.8, 4) is 5.75 Å². The summed E-state index contributed by atoms with van der Waals surface area (Å²) in [7, 11) is 0. The second kappa shape index (κ2) is 6.77. The highest BCUT2D eigenvalue weighted by Crippen LogP contribution is 2.36. The van der Waals surface area contributed by atoms with E-state index in [9.17, 15) is 0 Å². The van der Waals surface area contributed by atoms with Gasteiger partial charge in [-0.2, -0.15) is 0 Å². The monoisotopic (exact) mass is 337 g/mol. The number of nitrogens with one attached hydrogen (secondary N) is 1. The van der Waals surface area contributed by atoms with Crippen LogP contribution in [0, 0.1) is 5.41 Å². The van der Waals surface area contributed by atoms with Gasteiger partial charge in [0.2, 0.25) is 0 Å². The van der Waals surface area contributed by atoms with Gasteiger partial charge in [-0.3, -0.25) is 0 Å². The molecule has 0 bridgehead atoms. The highest BCUT2D eigenvalue weighted by molar-refractivity contribution is 9.10. The molecular weight excluding hydrogens is 314 g/mol. The maximum Gasteiger partial charge on any atom is 0.125 e. The number of benzene rings is 1. The largest absolute Gasteiger partial charge is 0.493 e. The topological polar surface area (TPSA) is 21.3 Å². The van der Waals surface area contributed by atoms with Crippen molar-refractivity contribution in [2.45, 2.75) is 33.1 Å². The molecule has 0 radical (unpaired) electrons. The molecule has 0 aromatic heterocycles. The minimum absolute atomic E-state index is 0.0513. The van der Waals surface area contributed by atoms with E-state index in [1.807, 2.05) is 0 Å². The summed E-state index contributed by atoms with van der Waals surface area (Å²) in [5, 5.41) is 3.51. The van der Waals surface area contributed by atoms with Crippen molar-refractivity contribution in [2.75, 3.05) is 19.7 Å². The average molecular weight is 338 g/mol. The molecule has 1 aliphatic heterocycles. The Morgan fingerprint density at radius 1 is 1.50 bits per heavy atom. The summed E-state index contributed by atoms with van der Waals surface area (Å²) < 4.78 is 6.97. The van der Waals surface area contributed by atoms with Crippen LogP contribution in [0.3, 0.4) is 0 Å². The van der Waals surface area contributed by atoms with Gasteiger partial charge < -0.3 is 10.1 Å². The Balaban J connectivity index is 2.17. The fourth-order valence-corrected chi connectivity index (χ4v) is 3.22. The molecule has 1 heterocycles. The Bertz CT molecular complexity index is 486. The molecule has 0 fully saturated rings. The summed E-state index contributed by atoms with van der Waals surface area (Å²) in [4.78, 5) is 0. The highest BCUT2D eigenvalue weighted by atomic mass is 79.9. The van der Waals surface area contributed by atoms with Crippen LogP contribution < -0.4 is 10.1 Å². The molecule has 1 aromatic rings. The molecule has 1 N–H and O–H groups in total. The molecule has 3 heteroatoms. The maximum atomic E-state index is 5.83. The van der Waals surface area contributed by atoms with Gasteiger partial charge in [0.1, 0.15) is 5.75 Å². The lowest BCUT2D eigenvalue weighted by atomic mass is 9.83. The van der Waals surface area contributed by atoms with Crippen LogP contribution in [0.1, 0.15) is 31.4 Å². The fourth-order valence-electron chi connectivity index (χ4n) is 2.67. The quantitative estimate of drug-likeness (QED) is 0.597. The summed E-state index contributed by atoms with van der Waals surface area (Å²) >= 11 is 3.61. The SMILES string of the molecule is C=CC(C)(CNCCC)Cc1cc(Br)cc2c1OCC2. The number of hydrogen-bond acceptors (Lipinski definition) is 2. The van der Waals surface area contributed by atoms with E-state index >= 15 is 0 Å². The zero-order valence-corrected chi connectivity index (χ0v) is 14.1. The first kappa shape index (κ1) is 15.6. The van der Waals surface area contributed by atoms with Gasteiger partial charge in [-0.15, -0.1) is 6.58 Å². The van der Waals surface area contributed by atoms with Crippen molar-refractivity contribution in [3.63, 3.8) is 0 Å². The zero-order chi connectivity index (χ0) is 14.6. The zero-order valence-electron chi connectivity index (χ0n) is 12.5. The van der Waals surface area contributed by atoms with Crippen LogP contribution >= 0.6 is 15.9 Å². The molecular formula is C17H24BrNO. The van der Waals surface area contributed by atoms with E-state index < -0.39 is 0 Å². The first-order valence-electron chi connectivity index (χ1n) is 7.36. The molecule has 110 valence electrons. The number of ether oxygens (including phenoxy) is 1. The van der Waals surface area contributed by atoms with Crippen LogP contribution in [0.15, 0.2) is 29.3 Å². The van der Waals surface area contributed by atoms with Crippen LogP contribution in [0.2, 0.25) is 0 Å². The molecule has 0 spiro atoms. The molecule has 20 heavy (non-hydrogen) atoms. The molecule has 1 unspecified atom stereocenters. The van der Waals surface area contributed by atoms with E-state index in [1.54, 1.807) is 0 Å². The lowest BCUT2D eigenvalue weighted by Crippen LogP contribution is -2.32. The van der Waals surface area contributed by atoms with Gasteiger partial charge in [0.15, 0.2) is 0 Å². The molecule has 0 saturated carbocycles. The van der Waals surface area contributed by atoms with Crippen LogP contribution in [0.25, 0.3) is 0 Å². The van der Waals surface area contributed by atoms with Crippen LogP contribution in [-0.4, -0.2) is 19.7 Å². The van der Waals surface area contributed by atoms with Crippen molar-refractivity contribution in [1.82, 2.24) is 5.32 Å². The van der Waals surface area contributed by atoms with Crippen molar-refractivity contribution >= 4 is 15.9 Å². The molecule has 0 aliphatic carbocycles. The second-order valence-corrected chi connectivity index (χ2v) is 6.78. The van der Waals surface area contributed by atoms with E-state index in [2.05, 4.69) is 59.9 Å². The Labute approximate surface area is 130 Å². The third-order valence-corrected chi connectivity index (χ3v) is 4.33. The number of fused-ring (bicyclic) bond motifs is 1. The summed E-state index contributed by atoms with van der Waals surface area (Å²) in [6.45, 7) is 11.3. The third-order valence-electron chi connectivity index (χ3n) is 3.87. The van der Waals surface area contributed by atoms with Crippen molar-refractivity contribution in [2.24, 2.45) is 5.41 Å². The Hall–Kier alpha value is -0.800. The first-order chi connectivity index (χ1) is 9.58. The van der Waals surface area contributed by atoms with E-state index in [0.717, 1.165) is 49.2 Å². The minimum Gasteiger partial charge on any atom is -0.493 e. The normalized spacial score (nSPS) is 16.4. The summed E-state index contributed by atoms with van der Waals surface area (Å²) in [5.74, 6) is 1.09. The highest BCUT2D eigenvalue weighted by Gasteiger charge is 2.25. The minimum atomic E-state index is 0.0513. The second-order valence-electron chi connectivity index (χ2n) is 5.86. The average Bonchev–Trinajstić information content (AvgIpc) is 2.87. The first-order valence-corrected chi connectivity index (χ1v) is 8.15. The van der Waals surface area contributed by atoms with E-state index in [4.69, 9.17) is 4.74 Å². The van der Waals surface area contributed by atoms with Gasteiger partial charge in [0.05, 0.1) is 6.61 Å². The fraction of sp³-hybridized carbons (Fsp3) is 0.529. The molecule has 1 aliphatic rings. The van der Waals surface area contributed by atoms with Crippen LogP contribution in [0.5, 0.6) is 5.75 Å². The molecule has 2 rings (SSSR count). The number of hydrogen-bond donors (Lipinski definition) is 1. The lowest BCUT2D eigenvalue weighted by molar-refractivity contribution is 0.342. The molecule has 1 atom stereocenters. The Morgan fingerprint density at radius 2 is 2.30 bits per heavy atom. The van der Waals surface area contributed by atoms with Gasteiger partial charge >= 0.3 is 0 Å². The smallest absolute Gasteiger partial charge is 0.125 e. The van der Waals surface area contributed by atoms with E-state index in [-0.39, 0.29) is 5.41 Å². The number of rotatable bonds is 7. The predicted molar refractivity (Wildman–Crippen MR) is 88.5 cm³/mol. The molecule has 2 nitrogen and oxygen atoms in total. The lowest BCUT2D eigenvalue weighted by Gasteiger charge is -2.27. The van der Waals surface area contributed by atoms with Crippen molar-refractivity contribution in [3.05, 3.63) is 40.4 Å². The molecule has 0 saturated heterocycles. The molecule has 0 amide bonds. The predicted octanol–water partition coefficient (Wildman–Crippen LogP) is 4.12. The van der Waals surface area contributed by atoms with Gasteiger partial charge in [-0.05, 0) is 42.6 Å². The van der Waals surface area contributed by atoms with Crippen LogP contribution in [0.4, 0.5) is 0 Å². The van der Waals surface area contributed by atoms with E-state index in [0.29, 0.717) is 0 Å². The van der Waals surface area contributed by atoms with Gasteiger partial charge in [0.25, 0.3) is 0 Å². The summed E-state index contributed by atoms with van der Waals surface area (Å²) in [6.07, 6.45) is 5.19. The van der Waals surface area contributed by atoms with Gasteiger partial charge in [-0.25, -0.2) is 0 Å². The maximum absolute atomic E-state index is 5.83. The van der Waals surface area contributed by atoms with Crippen molar-refractivity contribution in [1.29, 1.82) is 0 Å². The summed E-state index contributed by atoms with van der Waals surface area (Å²) in [6, 6.07) is 4.36. The third kappa shape index (κ3) is 3.64.